The highest BCUT2D eigenvalue weighted by Crippen LogP contribution is 2.35. The number of fused-ring (bicyclic) bond motifs is 1. The molecule has 30 heavy (non-hydrogen) atoms. The molecule has 1 aromatic carbocycles. The lowest BCUT2D eigenvalue weighted by molar-refractivity contribution is 0.435. The van der Waals surface area contributed by atoms with Gasteiger partial charge in [-0.05, 0) is 43.2 Å². The minimum Gasteiger partial charge on any atom is -0.267 e. The van der Waals surface area contributed by atoms with Crippen molar-refractivity contribution < 1.29 is 8.42 Å². The zero-order valence-corrected chi connectivity index (χ0v) is 17.9. The van der Waals surface area contributed by atoms with Crippen LogP contribution in [0.25, 0.3) is 32.7 Å². The predicted octanol–water partition coefficient (Wildman–Crippen LogP) is 2.98. The summed E-state index contributed by atoms with van der Waals surface area (Å²) >= 11 is 1.59. The fourth-order valence-corrected chi connectivity index (χ4v) is 5.29. The van der Waals surface area contributed by atoms with Gasteiger partial charge in [0.05, 0.1) is 27.5 Å². The van der Waals surface area contributed by atoms with E-state index in [4.69, 9.17) is 10.2 Å². The van der Waals surface area contributed by atoms with Crippen LogP contribution < -0.4 is 5.14 Å². The Morgan fingerprint density at radius 1 is 1.23 bits per heavy atom. The summed E-state index contributed by atoms with van der Waals surface area (Å²) in [4.78, 5) is 9.02. The quantitative estimate of drug-likeness (QED) is 0.525. The van der Waals surface area contributed by atoms with E-state index in [-0.39, 0.29) is 6.04 Å². The molecule has 4 heterocycles. The first-order valence-corrected chi connectivity index (χ1v) is 11.9. The number of benzene rings is 1. The molecular weight excluding hydrogens is 420 g/mol. The van der Waals surface area contributed by atoms with E-state index in [1.54, 1.807) is 11.3 Å². The van der Waals surface area contributed by atoms with Crippen molar-refractivity contribution in [3.63, 3.8) is 0 Å². The summed E-state index contributed by atoms with van der Waals surface area (Å²) in [6.07, 6.45) is 2.64. The monoisotopic (exact) mass is 440 g/mol. The fraction of sp³-hybridized carbons (Fsp3) is 0.250. The van der Waals surface area contributed by atoms with Crippen molar-refractivity contribution in [2.24, 2.45) is 5.14 Å². The first-order valence-electron chi connectivity index (χ1n) is 9.53. The number of rotatable bonds is 4. The summed E-state index contributed by atoms with van der Waals surface area (Å²) in [7, 11) is -3.70. The second kappa shape index (κ2) is 7.24. The van der Waals surface area contributed by atoms with Crippen molar-refractivity contribution in [3.8, 4) is 22.5 Å². The summed E-state index contributed by atoms with van der Waals surface area (Å²) < 4.78 is 27.7. The highest BCUT2D eigenvalue weighted by molar-refractivity contribution is 7.86. The Bertz CT molecular complexity index is 1340. The van der Waals surface area contributed by atoms with Gasteiger partial charge in [-0.25, -0.2) is 10.1 Å². The molecule has 1 atom stereocenters. The summed E-state index contributed by atoms with van der Waals surface area (Å²) in [5, 5.41) is 10.2. The van der Waals surface area contributed by atoms with E-state index in [0.717, 1.165) is 38.4 Å². The number of aryl methyl sites for hydroxylation is 1. The second-order valence-corrected chi connectivity index (χ2v) is 9.85. The smallest absolute Gasteiger partial charge is 0.267 e. The van der Waals surface area contributed by atoms with E-state index < -0.39 is 10.2 Å². The predicted molar refractivity (Wildman–Crippen MR) is 117 cm³/mol. The largest absolute Gasteiger partial charge is 0.276 e. The van der Waals surface area contributed by atoms with Crippen molar-refractivity contribution in [2.75, 3.05) is 13.1 Å². The van der Waals surface area contributed by atoms with Crippen molar-refractivity contribution in [1.29, 1.82) is 0 Å². The summed E-state index contributed by atoms with van der Waals surface area (Å²) in [5.74, 6) is 0. The van der Waals surface area contributed by atoms with Crippen LogP contribution in [-0.2, 0) is 10.2 Å². The van der Waals surface area contributed by atoms with E-state index >= 15 is 0 Å². The number of hydrogen-bond donors (Lipinski definition) is 1. The van der Waals surface area contributed by atoms with Gasteiger partial charge in [0.1, 0.15) is 5.69 Å². The molecule has 2 N–H and O–H groups in total. The molecule has 1 aliphatic rings. The van der Waals surface area contributed by atoms with E-state index in [2.05, 4.69) is 16.0 Å². The van der Waals surface area contributed by atoms with Crippen molar-refractivity contribution in [3.05, 3.63) is 53.8 Å². The molecule has 0 spiro atoms. The van der Waals surface area contributed by atoms with E-state index in [9.17, 15) is 8.42 Å². The molecule has 0 saturated carbocycles. The summed E-state index contributed by atoms with van der Waals surface area (Å²) in [6, 6.07) is 11.9. The summed E-state index contributed by atoms with van der Waals surface area (Å²) in [6.45, 7) is 2.66. The number of hydrogen-bond acceptors (Lipinski definition) is 6. The molecule has 4 aromatic rings. The maximum atomic E-state index is 11.7. The molecule has 1 saturated heterocycles. The minimum atomic E-state index is -3.70. The first kappa shape index (κ1) is 19.3. The van der Waals surface area contributed by atoms with Gasteiger partial charge in [0.2, 0.25) is 0 Å². The molecule has 0 aliphatic carbocycles. The molecule has 0 amide bonds. The third-order valence-electron chi connectivity index (χ3n) is 5.37. The van der Waals surface area contributed by atoms with Crippen molar-refractivity contribution >= 4 is 31.8 Å². The third-order valence-corrected chi connectivity index (χ3v) is 7.21. The molecular formula is C20H20N6O2S2. The van der Waals surface area contributed by atoms with Gasteiger partial charge in [-0.1, -0.05) is 12.1 Å². The molecule has 154 valence electrons. The second-order valence-electron chi connectivity index (χ2n) is 7.42. The molecule has 0 unspecified atom stereocenters. The van der Waals surface area contributed by atoms with Crippen LogP contribution in [0.15, 0.2) is 48.1 Å². The van der Waals surface area contributed by atoms with Crippen LogP contribution in [0, 0.1) is 6.92 Å². The number of aromatic nitrogens is 4. The lowest BCUT2D eigenvalue weighted by Gasteiger charge is -2.13. The number of nitrogens with two attached hydrogens (primary N) is 1. The Balaban J connectivity index is 1.61. The fourth-order valence-electron chi connectivity index (χ4n) is 3.83. The maximum absolute atomic E-state index is 11.7. The molecule has 1 aliphatic heterocycles. The van der Waals surface area contributed by atoms with Crippen LogP contribution >= 0.6 is 11.3 Å². The van der Waals surface area contributed by atoms with Crippen LogP contribution in [0.5, 0.6) is 0 Å². The van der Waals surface area contributed by atoms with Crippen LogP contribution in [-0.4, -0.2) is 45.6 Å². The number of nitrogens with zero attached hydrogens (tertiary/aromatic N) is 5. The van der Waals surface area contributed by atoms with Crippen LogP contribution in [0.2, 0.25) is 0 Å². The Labute approximate surface area is 178 Å². The van der Waals surface area contributed by atoms with Crippen LogP contribution in [0.3, 0.4) is 0 Å². The number of thiazole rings is 1. The van der Waals surface area contributed by atoms with Crippen LogP contribution in [0.4, 0.5) is 0 Å². The average Bonchev–Trinajstić information content (AvgIpc) is 3.44. The Morgan fingerprint density at radius 2 is 2.10 bits per heavy atom. The van der Waals surface area contributed by atoms with E-state index in [0.29, 0.717) is 19.5 Å². The normalized spacial score (nSPS) is 17.7. The standard InChI is InChI=1S/C20H20N6O2S2/c1-13-3-2-4-18(23-13)20-16(14-5-6-17-19(9-14)29-12-22-17)11-26(24-20)15-7-8-25(10-15)30(21,27)28/h2-6,9,11-12,15H,7-8,10H2,1H3,(H2,21,27,28)/t15-/m1/s1. The first-order chi connectivity index (χ1) is 14.4. The zero-order valence-electron chi connectivity index (χ0n) is 16.3. The molecule has 0 bridgehead atoms. The highest BCUT2D eigenvalue weighted by atomic mass is 32.2. The highest BCUT2D eigenvalue weighted by Gasteiger charge is 2.31. The van der Waals surface area contributed by atoms with Gasteiger partial charge in [-0.2, -0.15) is 17.8 Å². The Morgan fingerprint density at radius 3 is 2.87 bits per heavy atom. The van der Waals surface area contributed by atoms with Gasteiger partial charge in [0.25, 0.3) is 10.2 Å². The van der Waals surface area contributed by atoms with Gasteiger partial charge in [-0.15, -0.1) is 11.3 Å². The molecule has 3 aromatic heterocycles. The number of pyridine rings is 1. The third kappa shape index (κ3) is 3.52. The average molecular weight is 441 g/mol. The molecule has 5 rings (SSSR count). The van der Waals surface area contributed by atoms with E-state index in [1.165, 1.54) is 4.31 Å². The Kier molecular flexibility index (Phi) is 4.66. The molecule has 0 radical (unpaired) electrons. The van der Waals surface area contributed by atoms with Gasteiger partial charge >= 0.3 is 0 Å². The lowest BCUT2D eigenvalue weighted by atomic mass is 10.0. The lowest BCUT2D eigenvalue weighted by Crippen LogP contribution is -2.35. The van der Waals surface area contributed by atoms with E-state index in [1.807, 2.05) is 53.6 Å². The summed E-state index contributed by atoms with van der Waals surface area (Å²) in [5.41, 5.74) is 7.25. The molecule has 8 nitrogen and oxygen atoms in total. The topological polar surface area (TPSA) is 107 Å². The van der Waals surface area contributed by atoms with Crippen molar-refractivity contribution in [1.82, 2.24) is 24.1 Å². The van der Waals surface area contributed by atoms with Gasteiger partial charge < -0.3 is 0 Å². The Hall–Kier alpha value is -2.66. The van der Waals surface area contributed by atoms with Crippen LogP contribution in [0.1, 0.15) is 18.2 Å². The van der Waals surface area contributed by atoms with Crippen molar-refractivity contribution in [2.45, 2.75) is 19.4 Å². The van der Waals surface area contributed by atoms with Gasteiger partial charge in [0.15, 0.2) is 0 Å². The zero-order chi connectivity index (χ0) is 20.9. The van der Waals surface area contributed by atoms with Gasteiger partial charge in [0, 0.05) is 30.5 Å². The SMILES string of the molecule is Cc1cccc(-c2nn([C@@H]3CCN(S(N)(=O)=O)C3)cc2-c2ccc3ncsc3c2)n1. The van der Waals surface area contributed by atoms with Gasteiger partial charge in [-0.3, -0.25) is 9.67 Å². The molecule has 1 fully saturated rings. The maximum Gasteiger partial charge on any atom is 0.276 e. The molecule has 10 heteroatoms. The minimum absolute atomic E-state index is 0.0761.